The van der Waals surface area contributed by atoms with Crippen LogP contribution in [0.25, 0.3) is 0 Å². The average molecular weight is 319 g/mol. The number of halogens is 3. The number of nitrogens with zero attached hydrogens (tertiary/aromatic N) is 1. The first-order valence-corrected chi connectivity index (χ1v) is 7.00. The third-order valence-electron chi connectivity index (χ3n) is 3.87. The Morgan fingerprint density at radius 2 is 1.95 bits per heavy atom. The molecular weight excluding hydrogens is 298 g/mol. The van der Waals surface area contributed by atoms with Crippen molar-refractivity contribution < 1.29 is 13.6 Å². The van der Waals surface area contributed by atoms with Gasteiger partial charge in [0.1, 0.15) is 0 Å². The maximum atomic E-state index is 13.2. The zero-order chi connectivity index (χ0) is 14.5. The molecule has 6 heteroatoms. The van der Waals surface area contributed by atoms with Gasteiger partial charge in [-0.3, -0.25) is 4.79 Å². The van der Waals surface area contributed by atoms with Crippen molar-refractivity contribution in [2.24, 2.45) is 5.92 Å². The zero-order valence-electron chi connectivity index (χ0n) is 12.1. The summed E-state index contributed by atoms with van der Waals surface area (Å²) in [6.07, 6.45) is 3.05. The van der Waals surface area contributed by atoms with Gasteiger partial charge in [0, 0.05) is 18.7 Å². The Labute approximate surface area is 130 Å². The molecular formula is C15H21ClF2N2O. The summed E-state index contributed by atoms with van der Waals surface area (Å²) in [5.41, 5.74) is 0.220. The molecule has 1 aromatic rings. The summed E-state index contributed by atoms with van der Waals surface area (Å²) in [5.74, 6) is -1.47. The second kappa shape index (κ2) is 8.29. The smallest absolute Gasteiger partial charge is 0.253 e. The molecule has 3 nitrogen and oxygen atoms in total. The predicted octanol–water partition coefficient (Wildman–Crippen LogP) is 2.85. The highest BCUT2D eigenvalue weighted by Gasteiger charge is 2.23. The zero-order valence-corrected chi connectivity index (χ0v) is 12.9. The van der Waals surface area contributed by atoms with Crippen molar-refractivity contribution in [2.75, 3.05) is 26.7 Å². The molecule has 0 bridgehead atoms. The van der Waals surface area contributed by atoms with Crippen molar-refractivity contribution >= 4 is 18.3 Å². The van der Waals surface area contributed by atoms with Crippen molar-refractivity contribution in [2.45, 2.75) is 19.3 Å². The number of hydrogen-bond donors (Lipinski definition) is 1. The highest BCUT2D eigenvalue weighted by molar-refractivity contribution is 5.94. The van der Waals surface area contributed by atoms with Crippen LogP contribution in [0.3, 0.4) is 0 Å². The van der Waals surface area contributed by atoms with E-state index >= 15 is 0 Å². The fourth-order valence-electron chi connectivity index (χ4n) is 2.58. The van der Waals surface area contributed by atoms with Crippen LogP contribution in [0, 0.1) is 17.6 Å². The molecule has 1 fully saturated rings. The summed E-state index contributed by atoms with van der Waals surface area (Å²) in [7, 11) is 1.93. The maximum Gasteiger partial charge on any atom is 0.253 e. The number of piperidine rings is 1. The van der Waals surface area contributed by atoms with Gasteiger partial charge in [0.05, 0.1) is 0 Å². The molecule has 1 amide bonds. The van der Waals surface area contributed by atoms with Crippen LogP contribution in [0.1, 0.15) is 29.6 Å². The molecule has 0 spiro atoms. The molecule has 0 aliphatic carbocycles. The normalized spacial score (nSPS) is 15.7. The summed E-state index contributed by atoms with van der Waals surface area (Å²) >= 11 is 0. The van der Waals surface area contributed by atoms with Crippen molar-refractivity contribution in [1.29, 1.82) is 0 Å². The van der Waals surface area contributed by atoms with E-state index in [1.807, 2.05) is 7.05 Å². The van der Waals surface area contributed by atoms with Gasteiger partial charge in [0.15, 0.2) is 11.6 Å². The van der Waals surface area contributed by atoms with Gasteiger partial charge in [0.2, 0.25) is 0 Å². The Balaban J connectivity index is 0.00000220. The van der Waals surface area contributed by atoms with Crippen LogP contribution in [-0.4, -0.2) is 37.5 Å². The molecule has 118 valence electrons. The number of likely N-dealkylation sites (tertiary alicyclic amines) is 1. The lowest BCUT2D eigenvalue weighted by molar-refractivity contribution is 0.0686. The maximum absolute atomic E-state index is 13.2. The van der Waals surface area contributed by atoms with E-state index < -0.39 is 11.6 Å². The molecule has 1 N–H and O–H groups in total. The molecule has 0 unspecified atom stereocenters. The Hall–Kier alpha value is -1.20. The second-order valence-electron chi connectivity index (χ2n) is 5.26. The molecule has 1 heterocycles. The topological polar surface area (TPSA) is 32.3 Å². The summed E-state index contributed by atoms with van der Waals surface area (Å²) in [4.78, 5) is 13.9. The van der Waals surface area contributed by atoms with Crippen molar-refractivity contribution in [3.63, 3.8) is 0 Å². The van der Waals surface area contributed by atoms with E-state index in [0.717, 1.165) is 37.9 Å². The SMILES string of the molecule is CNCCC1CCN(C(=O)c2ccc(F)c(F)c2)CC1.Cl. The van der Waals surface area contributed by atoms with E-state index in [-0.39, 0.29) is 23.9 Å². The quantitative estimate of drug-likeness (QED) is 0.926. The highest BCUT2D eigenvalue weighted by Crippen LogP contribution is 2.22. The van der Waals surface area contributed by atoms with Crippen LogP contribution in [0.4, 0.5) is 8.78 Å². The minimum atomic E-state index is -0.972. The first-order chi connectivity index (χ1) is 9.61. The Morgan fingerprint density at radius 3 is 2.52 bits per heavy atom. The van der Waals surface area contributed by atoms with Gasteiger partial charge in [-0.15, -0.1) is 12.4 Å². The van der Waals surface area contributed by atoms with E-state index in [2.05, 4.69) is 5.32 Å². The van der Waals surface area contributed by atoms with E-state index in [9.17, 15) is 13.6 Å². The van der Waals surface area contributed by atoms with Crippen LogP contribution in [0.2, 0.25) is 0 Å². The molecule has 0 saturated carbocycles. The van der Waals surface area contributed by atoms with Gasteiger partial charge in [0.25, 0.3) is 5.91 Å². The molecule has 21 heavy (non-hydrogen) atoms. The lowest BCUT2D eigenvalue weighted by Gasteiger charge is -2.32. The molecule has 1 saturated heterocycles. The molecule has 1 aliphatic heterocycles. The summed E-state index contributed by atoms with van der Waals surface area (Å²) in [6, 6.07) is 3.32. The van der Waals surface area contributed by atoms with Gasteiger partial charge < -0.3 is 10.2 Å². The Morgan fingerprint density at radius 1 is 1.29 bits per heavy atom. The van der Waals surface area contributed by atoms with E-state index in [0.29, 0.717) is 19.0 Å². The van der Waals surface area contributed by atoms with Crippen LogP contribution >= 0.6 is 12.4 Å². The Kier molecular flexibility index (Phi) is 7.05. The second-order valence-corrected chi connectivity index (χ2v) is 5.26. The largest absolute Gasteiger partial charge is 0.339 e. The third-order valence-corrected chi connectivity index (χ3v) is 3.87. The van der Waals surface area contributed by atoms with Crippen molar-refractivity contribution in [1.82, 2.24) is 10.2 Å². The minimum Gasteiger partial charge on any atom is -0.339 e. The van der Waals surface area contributed by atoms with E-state index in [1.54, 1.807) is 4.90 Å². The lowest BCUT2D eigenvalue weighted by atomic mass is 9.93. The minimum absolute atomic E-state index is 0. The van der Waals surface area contributed by atoms with Crippen LogP contribution in [-0.2, 0) is 0 Å². The number of hydrogen-bond acceptors (Lipinski definition) is 2. The molecule has 2 rings (SSSR count). The van der Waals surface area contributed by atoms with Crippen LogP contribution < -0.4 is 5.32 Å². The van der Waals surface area contributed by atoms with E-state index in [4.69, 9.17) is 0 Å². The highest BCUT2D eigenvalue weighted by atomic mass is 35.5. The number of amides is 1. The van der Waals surface area contributed by atoms with Gasteiger partial charge in [-0.25, -0.2) is 8.78 Å². The van der Waals surface area contributed by atoms with Gasteiger partial charge >= 0.3 is 0 Å². The fourth-order valence-corrected chi connectivity index (χ4v) is 2.58. The van der Waals surface area contributed by atoms with Gasteiger partial charge in [-0.2, -0.15) is 0 Å². The molecule has 1 aliphatic rings. The Bertz CT molecular complexity index is 477. The van der Waals surface area contributed by atoms with Crippen LogP contribution in [0.5, 0.6) is 0 Å². The van der Waals surface area contributed by atoms with Gasteiger partial charge in [-0.1, -0.05) is 0 Å². The van der Waals surface area contributed by atoms with Crippen molar-refractivity contribution in [3.8, 4) is 0 Å². The monoisotopic (exact) mass is 318 g/mol. The number of benzene rings is 1. The number of rotatable bonds is 4. The lowest BCUT2D eigenvalue weighted by Crippen LogP contribution is -2.39. The fraction of sp³-hybridized carbons (Fsp3) is 0.533. The first kappa shape index (κ1) is 17.9. The molecule has 0 radical (unpaired) electrons. The van der Waals surface area contributed by atoms with Crippen molar-refractivity contribution in [3.05, 3.63) is 35.4 Å². The summed E-state index contributed by atoms with van der Waals surface area (Å²) < 4.78 is 26.0. The summed E-state index contributed by atoms with van der Waals surface area (Å²) in [5, 5.41) is 3.13. The molecule has 1 aromatic carbocycles. The molecule has 0 aromatic heterocycles. The van der Waals surface area contributed by atoms with Crippen LogP contribution in [0.15, 0.2) is 18.2 Å². The number of carbonyl (C=O) groups is 1. The third kappa shape index (κ3) is 4.64. The van der Waals surface area contributed by atoms with Gasteiger partial charge in [-0.05, 0) is 57.0 Å². The summed E-state index contributed by atoms with van der Waals surface area (Å²) in [6.45, 7) is 2.36. The average Bonchev–Trinajstić information content (AvgIpc) is 2.48. The molecule has 0 atom stereocenters. The number of nitrogens with one attached hydrogen (secondary N) is 1. The van der Waals surface area contributed by atoms with E-state index in [1.165, 1.54) is 6.07 Å². The first-order valence-electron chi connectivity index (χ1n) is 7.00. The number of carbonyl (C=O) groups excluding carboxylic acids is 1. The predicted molar refractivity (Wildman–Crippen MR) is 80.8 cm³/mol. The standard InChI is InChI=1S/C15H20F2N2O.ClH/c1-18-7-4-11-5-8-19(9-6-11)15(20)12-2-3-13(16)14(17)10-12;/h2-3,10-11,18H,4-9H2,1H3;1H.